The molecule has 0 saturated carbocycles. The number of carbonyl (C=O) groups excluding carboxylic acids is 1. The molecule has 0 bridgehead atoms. The van der Waals surface area contributed by atoms with Crippen molar-refractivity contribution in [2.75, 3.05) is 11.9 Å². The maximum atomic E-state index is 12.0. The van der Waals surface area contributed by atoms with E-state index in [9.17, 15) is 9.90 Å². The van der Waals surface area contributed by atoms with Gasteiger partial charge in [-0.25, -0.2) is 4.79 Å². The molecule has 0 aliphatic rings. The summed E-state index contributed by atoms with van der Waals surface area (Å²) < 4.78 is 5.25. The first-order chi connectivity index (χ1) is 9.72. The van der Waals surface area contributed by atoms with Gasteiger partial charge in [-0.1, -0.05) is 48.5 Å². The minimum Gasteiger partial charge on any atom is -0.444 e. The molecule has 104 valence electrons. The number of aliphatic hydroxyl groups is 1. The van der Waals surface area contributed by atoms with Gasteiger partial charge in [0, 0.05) is 12.6 Å². The van der Waals surface area contributed by atoms with Crippen molar-refractivity contribution in [1.29, 1.82) is 0 Å². The smallest absolute Gasteiger partial charge is 0.414 e. The van der Waals surface area contributed by atoms with Gasteiger partial charge < -0.3 is 9.84 Å². The number of ether oxygens (including phenoxy) is 1. The average Bonchev–Trinajstić information content (AvgIpc) is 2.52. The topological polar surface area (TPSA) is 49.8 Å². The molecular weight excluding hydrogens is 254 g/mol. The van der Waals surface area contributed by atoms with Crippen molar-refractivity contribution >= 4 is 11.8 Å². The molecule has 2 aromatic carbocycles. The summed E-state index contributed by atoms with van der Waals surface area (Å²) in [7, 11) is 1.63. The highest BCUT2D eigenvalue weighted by atomic mass is 16.6. The van der Waals surface area contributed by atoms with Crippen LogP contribution in [0.4, 0.5) is 10.5 Å². The van der Waals surface area contributed by atoms with Gasteiger partial charge in [-0.2, -0.15) is 0 Å². The van der Waals surface area contributed by atoms with Gasteiger partial charge >= 0.3 is 6.09 Å². The minimum atomic E-state index is -0.449. The van der Waals surface area contributed by atoms with Gasteiger partial charge in [0.05, 0.1) is 12.3 Å². The third-order valence-corrected chi connectivity index (χ3v) is 3.00. The molecule has 0 aliphatic carbocycles. The first kappa shape index (κ1) is 14.1. The molecule has 1 N–H and O–H groups in total. The fourth-order valence-electron chi connectivity index (χ4n) is 1.89. The summed E-state index contributed by atoms with van der Waals surface area (Å²) in [4.78, 5) is 13.4. The Morgan fingerprint density at radius 2 is 1.75 bits per heavy atom. The molecule has 0 aliphatic heterocycles. The summed E-state index contributed by atoms with van der Waals surface area (Å²) >= 11 is 0. The quantitative estimate of drug-likeness (QED) is 0.930. The molecule has 2 rings (SSSR count). The Morgan fingerprint density at radius 1 is 1.10 bits per heavy atom. The van der Waals surface area contributed by atoms with Crippen LogP contribution in [0.5, 0.6) is 0 Å². The highest BCUT2D eigenvalue weighted by Crippen LogP contribution is 2.20. The van der Waals surface area contributed by atoms with Crippen LogP contribution in [0.15, 0.2) is 54.6 Å². The van der Waals surface area contributed by atoms with E-state index in [4.69, 9.17) is 4.74 Å². The molecule has 0 unspecified atom stereocenters. The fraction of sp³-hybridized carbons (Fsp3) is 0.188. The summed E-state index contributed by atoms with van der Waals surface area (Å²) in [5, 5.41) is 9.28. The van der Waals surface area contributed by atoms with Crippen LogP contribution in [0.25, 0.3) is 0 Å². The monoisotopic (exact) mass is 271 g/mol. The van der Waals surface area contributed by atoms with Crippen LogP contribution < -0.4 is 4.90 Å². The predicted molar refractivity (Wildman–Crippen MR) is 77.4 cm³/mol. The summed E-state index contributed by atoms with van der Waals surface area (Å²) in [6.07, 6.45) is -0.449. The molecule has 0 saturated heterocycles. The lowest BCUT2D eigenvalue weighted by molar-refractivity contribution is 0.148. The Labute approximate surface area is 118 Å². The zero-order chi connectivity index (χ0) is 14.4. The van der Waals surface area contributed by atoms with Crippen LogP contribution in [0.1, 0.15) is 11.1 Å². The lowest BCUT2D eigenvalue weighted by Gasteiger charge is -2.19. The molecule has 4 heteroatoms. The number of benzene rings is 2. The molecule has 4 nitrogen and oxygen atoms in total. The summed E-state index contributed by atoms with van der Waals surface area (Å²) in [6.45, 7) is 0.109. The second-order valence-electron chi connectivity index (χ2n) is 4.39. The van der Waals surface area contributed by atoms with Gasteiger partial charge in [-0.15, -0.1) is 0 Å². The van der Waals surface area contributed by atoms with Gasteiger partial charge in [0.25, 0.3) is 0 Å². The molecule has 0 aromatic heterocycles. The van der Waals surface area contributed by atoms with Gasteiger partial charge in [0.2, 0.25) is 0 Å². The van der Waals surface area contributed by atoms with Crippen LogP contribution in [0, 0.1) is 0 Å². The normalized spacial score (nSPS) is 10.1. The summed E-state index contributed by atoms with van der Waals surface area (Å²) in [6, 6.07) is 16.7. The Morgan fingerprint density at radius 3 is 2.45 bits per heavy atom. The van der Waals surface area contributed by atoms with E-state index in [-0.39, 0.29) is 13.2 Å². The zero-order valence-electron chi connectivity index (χ0n) is 11.3. The van der Waals surface area contributed by atoms with Crippen LogP contribution in [-0.2, 0) is 18.0 Å². The molecule has 0 fully saturated rings. The molecule has 0 atom stereocenters. The Kier molecular flexibility index (Phi) is 4.74. The molecule has 1 amide bonds. The van der Waals surface area contributed by atoms with Crippen LogP contribution in [0.3, 0.4) is 0 Å². The van der Waals surface area contributed by atoms with Crippen molar-refractivity contribution in [3.05, 3.63) is 65.7 Å². The van der Waals surface area contributed by atoms with Crippen LogP contribution in [-0.4, -0.2) is 18.2 Å². The molecule has 0 heterocycles. The molecule has 2 aromatic rings. The molecular formula is C16H17NO3. The fourth-order valence-corrected chi connectivity index (χ4v) is 1.89. The second-order valence-corrected chi connectivity index (χ2v) is 4.39. The number of rotatable bonds is 4. The Balaban J connectivity index is 2.02. The van der Waals surface area contributed by atoms with E-state index < -0.39 is 6.09 Å². The van der Waals surface area contributed by atoms with Crippen molar-refractivity contribution in [2.24, 2.45) is 0 Å². The van der Waals surface area contributed by atoms with Gasteiger partial charge in [-0.3, -0.25) is 4.90 Å². The first-order valence-corrected chi connectivity index (χ1v) is 6.35. The molecule has 0 spiro atoms. The number of anilines is 1. The van der Waals surface area contributed by atoms with Crippen molar-refractivity contribution in [3.63, 3.8) is 0 Å². The molecule has 20 heavy (non-hydrogen) atoms. The second kappa shape index (κ2) is 6.73. The van der Waals surface area contributed by atoms with E-state index in [1.54, 1.807) is 19.2 Å². The van der Waals surface area contributed by atoms with Gasteiger partial charge in [-0.05, 0) is 11.6 Å². The predicted octanol–water partition coefficient (Wildman–Crippen LogP) is 2.95. The zero-order valence-corrected chi connectivity index (χ0v) is 11.3. The summed E-state index contributed by atoms with van der Waals surface area (Å²) in [5.74, 6) is 0. The number of para-hydroxylation sites is 1. The maximum Gasteiger partial charge on any atom is 0.414 e. The van der Waals surface area contributed by atoms with E-state index >= 15 is 0 Å². The number of aliphatic hydroxyl groups excluding tert-OH is 1. The number of amides is 1. The molecule has 0 radical (unpaired) electrons. The van der Waals surface area contributed by atoms with Gasteiger partial charge in [0.15, 0.2) is 0 Å². The third-order valence-electron chi connectivity index (χ3n) is 3.00. The van der Waals surface area contributed by atoms with Crippen molar-refractivity contribution in [3.8, 4) is 0 Å². The summed E-state index contributed by atoms with van der Waals surface area (Å²) in [5.41, 5.74) is 2.27. The highest BCUT2D eigenvalue weighted by molar-refractivity contribution is 5.87. The first-order valence-electron chi connectivity index (χ1n) is 6.35. The van der Waals surface area contributed by atoms with E-state index in [1.807, 2.05) is 42.5 Å². The van der Waals surface area contributed by atoms with E-state index in [1.165, 1.54) is 4.90 Å². The highest BCUT2D eigenvalue weighted by Gasteiger charge is 2.15. The van der Waals surface area contributed by atoms with E-state index in [0.29, 0.717) is 11.3 Å². The van der Waals surface area contributed by atoms with Crippen LogP contribution in [0.2, 0.25) is 0 Å². The van der Waals surface area contributed by atoms with E-state index in [2.05, 4.69) is 0 Å². The average molecular weight is 271 g/mol. The number of hydrogen-bond donors (Lipinski definition) is 1. The Bertz CT molecular complexity index is 569. The maximum absolute atomic E-state index is 12.0. The van der Waals surface area contributed by atoms with Crippen molar-refractivity contribution in [1.82, 2.24) is 0 Å². The van der Waals surface area contributed by atoms with Crippen molar-refractivity contribution < 1.29 is 14.6 Å². The van der Waals surface area contributed by atoms with Gasteiger partial charge in [0.1, 0.15) is 6.61 Å². The lowest BCUT2D eigenvalue weighted by atomic mass is 10.2. The SMILES string of the molecule is CN(C(=O)OCc1ccccc1)c1ccccc1CO. The number of hydrogen-bond acceptors (Lipinski definition) is 3. The van der Waals surface area contributed by atoms with Crippen LogP contribution >= 0.6 is 0 Å². The van der Waals surface area contributed by atoms with E-state index in [0.717, 1.165) is 5.56 Å². The Hall–Kier alpha value is -2.33. The number of carbonyl (C=O) groups is 1. The third kappa shape index (κ3) is 3.36. The van der Waals surface area contributed by atoms with Crippen molar-refractivity contribution in [2.45, 2.75) is 13.2 Å². The standard InChI is InChI=1S/C16H17NO3/c1-17(15-10-6-5-9-14(15)11-18)16(19)20-12-13-7-3-2-4-8-13/h2-10,18H,11-12H2,1H3. The lowest BCUT2D eigenvalue weighted by Crippen LogP contribution is -2.27. The number of nitrogens with zero attached hydrogens (tertiary/aromatic N) is 1. The largest absolute Gasteiger partial charge is 0.444 e. The minimum absolute atomic E-state index is 0.119.